The Hall–Kier alpha value is -3.68. The number of hydrogen-bond donors (Lipinski definition) is 3. The SMILES string of the molecule is CC.COc1cccc(C(=O)NC(C(=O)NC(Cc2ccccc2)C(=O)C(=O)NC2CC2)C(C)C)c1. The van der Waals surface area contributed by atoms with E-state index in [4.69, 9.17) is 4.74 Å². The van der Waals surface area contributed by atoms with Crippen molar-refractivity contribution in [2.45, 2.75) is 65.1 Å². The number of hydrogen-bond acceptors (Lipinski definition) is 5. The van der Waals surface area contributed by atoms with Crippen molar-refractivity contribution < 1.29 is 23.9 Å². The molecule has 2 atom stereocenters. The highest BCUT2D eigenvalue weighted by Crippen LogP contribution is 2.19. The Kier molecular flexibility index (Phi) is 11.1. The zero-order valence-corrected chi connectivity index (χ0v) is 21.7. The zero-order chi connectivity index (χ0) is 26.7. The van der Waals surface area contributed by atoms with Crippen LogP contribution in [0.2, 0.25) is 0 Å². The highest BCUT2D eigenvalue weighted by atomic mass is 16.5. The molecule has 0 aliphatic heterocycles. The van der Waals surface area contributed by atoms with Crippen molar-refractivity contribution in [1.82, 2.24) is 16.0 Å². The first kappa shape index (κ1) is 28.6. The molecule has 0 spiro atoms. The maximum atomic E-state index is 13.2. The van der Waals surface area contributed by atoms with Gasteiger partial charge in [0.1, 0.15) is 17.8 Å². The molecule has 2 unspecified atom stereocenters. The molecule has 3 N–H and O–H groups in total. The topological polar surface area (TPSA) is 114 Å². The molecule has 36 heavy (non-hydrogen) atoms. The number of nitrogens with one attached hydrogen (secondary N) is 3. The molecular weight excluding hydrogens is 458 g/mol. The predicted octanol–water partition coefficient (Wildman–Crippen LogP) is 3.05. The third-order valence-corrected chi connectivity index (χ3v) is 5.62. The number of carbonyl (C=O) groups is 4. The van der Waals surface area contributed by atoms with Crippen molar-refractivity contribution in [3.8, 4) is 5.75 Å². The number of ketones is 1. The Morgan fingerprint density at radius 1 is 0.944 bits per heavy atom. The summed E-state index contributed by atoms with van der Waals surface area (Å²) in [4.78, 5) is 51.4. The molecule has 3 rings (SSSR count). The molecular formula is C28H37N3O5. The lowest BCUT2D eigenvalue weighted by Gasteiger charge is -2.25. The van der Waals surface area contributed by atoms with E-state index in [2.05, 4.69) is 16.0 Å². The molecule has 1 saturated carbocycles. The van der Waals surface area contributed by atoms with Gasteiger partial charge in [0.2, 0.25) is 11.7 Å². The van der Waals surface area contributed by atoms with Crippen LogP contribution in [0, 0.1) is 5.92 Å². The second-order valence-electron chi connectivity index (χ2n) is 8.79. The van der Waals surface area contributed by atoms with Crippen LogP contribution >= 0.6 is 0 Å². The minimum absolute atomic E-state index is 0.0232. The Morgan fingerprint density at radius 3 is 2.19 bits per heavy atom. The zero-order valence-electron chi connectivity index (χ0n) is 21.7. The normalized spacial score (nSPS) is 13.9. The maximum absolute atomic E-state index is 13.2. The summed E-state index contributed by atoms with van der Waals surface area (Å²) in [5.41, 5.74) is 1.15. The third-order valence-electron chi connectivity index (χ3n) is 5.62. The van der Waals surface area contributed by atoms with Crippen LogP contribution in [-0.2, 0) is 20.8 Å². The Labute approximate surface area is 213 Å². The molecule has 2 aromatic carbocycles. The largest absolute Gasteiger partial charge is 0.497 e. The first-order valence-corrected chi connectivity index (χ1v) is 12.4. The van der Waals surface area contributed by atoms with E-state index in [0.29, 0.717) is 11.3 Å². The Bertz CT molecular complexity index is 1030. The molecule has 0 bridgehead atoms. The summed E-state index contributed by atoms with van der Waals surface area (Å²) in [6.07, 6.45) is 1.86. The van der Waals surface area contributed by atoms with Gasteiger partial charge < -0.3 is 20.7 Å². The van der Waals surface area contributed by atoms with Crippen LogP contribution in [-0.4, -0.2) is 48.7 Å². The van der Waals surface area contributed by atoms with E-state index in [1.165, 1.54) is 7.11 Å². The lowest BCUT2D eigenvalue weighted by atomic mass is 9.98. The molecule has 3 amide bonds. The molecule has 0 aromatic heterocycles. The van der Waals surface area contributed by atoms with Crippen LogP contribution in [0.4, 0.5) is 0 Å². The molecule has 8 heteroatoms. The first-order valence-electron chi connectivity index (χ1n) is 12.4. The van der Waals surface area contributed by atoms with E-state index in [-0.39, 0.29) is 18.4 Å². The smallest absolute Gasteiger partial charge is 0.289 e. The second-order valence-corrected chi connectivity index (χ2v) is 8.79. The van der Waals surface area contributed by atoms with Crippen LogP contribution < -0.4 is 20.7 Å². The van der Waals surface area contributed by atoms with Crippen molar-refractivity contribution in [3.05, 3.63) is 65.7 Å². The fraction of sp³-hybridized carbons (Fsp3) is 0.429. The van der Waals surface area contributed by atoms with Gasteiger partial charge in [-0.25, -0.2) is 0 Å². The molecule has 1 aliphatic carbocycles. The second kappa shape index (κ2) is 14.0. The molecule has 194 valence electrons. The van der Waals surface area contributed by atoms with Gasteiger partial charge in [-0.1, -0.05) is 64.1 Å². The maximum Gasteiger partial charge on any atom is 0.289 e. The van der Waals surface area contributed by atoms with Crippen LogP contribution in [0.1, 0.15) is 56.5 Å². The lowest BCUT2D eigenvalue weighted by Crippen LogP contribution is -2.56. The van der Waals surface area contributed by atoms with Crippen molar-refractivity contribution in [3.63, 3.8) is 0 Å². The highest BCUT2D eigenvalue weighted by molar-refractivity contribution is 6.38. The van der Waals surface area contributed by atoms with Gasteiger partial charge in [-0.2, -0.15) is 0 Å². The fourth-order valence-corrected chi connectivity index (χ4v) is 3.49. The monoisotopic (exact) mass is 495 g/mol. The van der Waals surface area contributed by atoms with E-state index in [0.717, 1.165) is 18.4 Å². The summed E-state index contributed by atoms with van der Waals surface area (Å²) in [5, 5.41) is 8.15. The molecule has 2 aromatic rings. The summed E-state index contributed by atoms with van der Waals surface area (Å²) in [6.45, 7) is 7.59. The Balaban J connectivity index is 0.00000222. The average Bonchev–Trinajstić information content (AvgIpc) is 3.71. The molecule has 0 radical (unpaired) electrons. The number of benzene rings is 2. The number of ether oxygens (including phenoxy) is 1. The van der Waals surface area contributed by atoms with Gasteiger partial charge in [0.25, 0.3) is 11.8 Å². The van der Waals surface area contributed by atoms with Crippen LogP contribution in [0.15, 0.2) is 54.6 Å². The van der Waals surface area contributed by atoms with E-state index in [9.17, 15) is 19.2 Å². The summed E-state index contributed by atoms with van der Waals surface area (Å²) in [6, 6.07) is 13.8. The number of methoxy groups -OCH3 is 1. The van der Waals surface area contributed by atoms with E-state index < -0.39 is 35.6 Å². The number of Topliss-reactive ketones (excluding diaryl/α,β-unsaturated/α-hetero) is 1. The molecule has 0 saturated heterocycles. The van der Waals surface area contributed by atoms with Crippen LogP contribution in [0.3, 0.4) is 0 Å². The van der Waals surface area contributed by atoms with Gasteiger partial charge in [-0.15, -0.1) is 0 Å². The predicted molar refractivity (Wildman–Crippen MR) is 139 cm³/mol. The standard InChI is InChI=1S/C26H31N3O5.C2H6/c1-16(2)22(29-24(31)18-10-7-11-20(15-18)34-3)25(32)28-21(14-17-8-5-4-6-9-17)23(30)26(33)27-19-12-13-19;1-2/h4-11,15-16,19,21-22H,12-14H2,1-3H3,(H,27,33)(H,28,32)(H,29,31);1-2H3. The minimum Gasteiger partial charge on any atom is -0.497 e. The van der Waals surface area contributed by atoms with Gasteiger partial charge in [0.15, 0.2) is 0 Å². The van der Waals surface area contributed by atoms with E-state index in [1.807, 2.05) is 44.2 Å². The van der Waals surface area contributed by atoms with Crippen molar-refractivity contribution >= 4 is 23.5 Å². The fourth-order valence-electron chi connectivity index (χ4n) is 3.49. The summed E-state index contributed by atoms with van der Waals surface area (Å²) < 4.78 is 5.16. The van der Waals surface area contributed by atoms with E-state index in [1.54, 1.807) is 38.1 Å². The van der Waals surface area contributed by atoms with Crippen LogP contribution in [0.25, 0.3) is 0 Å². The van der Waals surface area contributed by atoms with Gasteiger partial charge in [0, 0.05) is 18.0 Å². The summed E-state index contributed by atoms with van der Waals surface area (Å²) >= 11 is 0. The van der Waals surface area contributed by atoms with Crippen molar-refractivity contribution in [2.75, 3.05) is 7.11 Å². The summed E-state index contributed by atoms with van der Waals surface area (Å²) in [7, 11) is 1.50. The van der Waals surface area contributed by atoms with Crippen molar-refractivity contribution in [2.24, 2.45) is 5.92 Å². The molecule has 0 heterocycles. The lowest BCUT2D eigenvalue weighted by molar-refractivity contribution is -0.140. The molecule has 1 fully saturated rings. The average molecular weight is 496 g/mol. The number of amides is 3. The van der Waals surface area contributed by atoms with Gasteiger partial charge in [-0.3, -0.25) is 19.2 Å². The molecule has 1 aliphatic rings. The number of carbonyl (C=O) groups excluding carboxylic acids is 4. The van der Waals surface area contributed by atoms with Crippen LogP contribution in [0.5, 0.6) is 5.75 Å². The summed E-state index contributed by atoms with van der Waals surface area (Å²) in [5.74, 6) is -2.11. The highest BCUT2D eigenvalue weighted by Gasteiger charge is 2.34. The van der Waals surface area contributed by atoms with E-state index >= 15 is 0 Å². The first-order chi connectivity index (χ1) is 17.3. The third kappa shape index (κ3) is 8.52. The van der Waals surface area contributed by atoms with Gasteiger partial charge in [-0.05, 0) is 42.5 Å². The van der Waals surface area contributed by atoms with Gasteiger partial charge >= 0.3 is 0 Å². The number of rotatable bonds is 11. The quantitative estimate of drug-likeness (QED) is 0.415. The van der Waals surface area contributed by atoms with Gasteiger partial charge in [0.05, 0.1) is 7.11 Å². The minimum atomic E-state index is -1.05. The molecule has 8 nitrogen and oxygen atoms in total. The van der Waals surface area contributed by atoms with Crippen molar-refractivity contribution in [1.29, 1.82) is 0 Å². The Morgan fingerprint density at radius 2 is 1.61 bits per heavy atom.